The fraction of sp³-hybridized carbons (Fsp3) is 0.630. The highest BCUT2D eigenvalue weighted by atomic mass is 19.4. The molecule has 9 nitrogen and oxygen atoms in total. The number of alkyl halides is 3. The number of nitrogens with zero attached hydrogens (tertiary/aromatic N) is 1. The third kappa shape index (κ3) is 6.33. The predicted octanol–water partition coefficient (Wildman–Crippen LogP) is 2.17. The van der Waals surface area contributed by atoms with Crippen molar-refractivity contribution in [3.05, 3.63) is 34.9 Å². The highest BCUT2D eigenvalue weighted by Crippen LogP contribution is 2.51. The van der Waals surface area contributed by atoms with Crippen molar-refractivity contribution < 1.29 is 47.6 Å². The Morgan fingerprint density at radius 3 is 2.54 bits per heavy atom. The normalized spacial score (nSPS) is 24.4. The molecule has 0 unspecified atom stereocenters. The molecular weight excluding hydrogens is 521 g/mol. The molecule has 1 heterocycles. The number of aliphatic hydroxyl groups excluding tert-OH is 3. The number of aliphatic hydroxyl groups is 3. The lowest BCUT2D eigenvalue weighted by molar-refractivity contribution is -0.170. The van der Waals surface area contributed by atoms with Gasteiger partial charge in [-0.15, -0.1) is 0 Å². The van der Waals surface area contributed by atoms with Crippen LogP contribution in [-0.4, -0.2) is 83.3 Å². The minimum atomic E-state index is -4.74. The van der Waals surface area contributed by atoms with E-state index in [0.29, 0.717) is 22.4 Å². The zero-order chi connectivity index (χ0) is 28.3. The van der Waals surface area contributed by atoms with Gasteiger partial charge >= 0.3 is 6.18 Å². The zero-order valence-corrected chi connectivity index (χ0v) is 21.7. The van der Waals surface area contributed by atoms with Crippen LogP contribution in [-0.2, 0) is 16.2 Å². The molecular formula is C27H35F3N2O7. The molecule has 1 fully saturated rings. The Morgan fingerprint density at radius 2 is 1.92 bits per heavy atom. The molecule has 0 aromatic heterocycles. The smallest absolute Gasteiger partial charge is 0.406 e. The number of ether oxygens (including phenoxy) is 2. The van der Waals surface area contributed by atoms with Gasteiger partial charge in [0.25, 0.3) is 0 Å². The molecule has 0 saturated heterocycles. The van der Waals surface area contributed by atoms with Crippen molar-refractivity contribution in [1.82, 2.24) is 10.2 Å². The molecule has 2 amide bonds. The summed E-state index contributed by atoms with van der Waals surface area (Å²) in [4.78, 5) is 27.0. The summed E-state index contributed by atoms with van der Waals surface area (Å²) in [5, 5.41) is 32.8. The maximum atomic E-state index is 13.7. The first-order valence-corrected chi connectivity index (χ1v) is 13.2. The molecule has 0 bridgehead atoms. The second-order valence-electron chi connectivity index (χ2n) is 10.3. The minimum absolute atomic E-state index is 0.00425. The van der Waals surface area contributed by atoms with Gasteiger partial charge in [0.05, 0.1) is 32.3 Å². The number of rotatable bonds is 10. The maximum absolute atomic E-state index is 13.7. The molecule has 4 rings (SSSR count). The van der Waals surface area contributed by atoms with Crippen LogP contribution in [0.15, 0.2) is 23.8 Å². The number of carbonyl (C=O) groups is 2. The van der Waals surface area contributed by atoms with Gasteiger partial charge in [-0.25, -0.2) is 0 Å². The summed E-state index contributed by atoms with van der Waals surface area (Å²) in [6.07, 6.45) is -2.07. The van der Waals surface area contributed by atoms with Crippen molar-refractivity contribution in [3.8, 4) is 11.5 Å². The van der Waals surface area contributed by atoms with Gasteiger partial charge in [-0.2, -0.15) is 13.2 Å². The fourth-order valence-corrected chi connectivity index (χ4v) is 5.94. The Morgan fingerprint density at radius 1 is 1.21 bits per heavy atom. The second-order valence-corrected chi connectivity index (χ2v) is 10.3. The summed E-state index contributed by atoms with van der Waals surface area (Å²) in [7, 11) is 1.38. The van der Waals surface area contributed by atoms with Crippen LogP contribution in [0, 0.1) is 5.92 Å². The van der Waals surface area contributed by atoms with E-state index in [1.54, 1.807) is 6.07 Å². The molecule has 4 atom stereocenters. The Kier molecular flexibility index (Phi) is 9.07. The number of benzene rings is 1. The Labute approximate surface area is 224 Å². The molecule has 1 aliphatic heterocycles. The lowest BCUT2D eigenvalue weighted by atomic mass is 9.77. The summed E-state index contributed by atoms with van der Waals surface area (Å²) in [5.74, 6) is -1.65. The quantitative estimate of drug-likeness (QED) is 0.348. The number of fused-ring (bicyclic) bond motifs is 3. The van der Waals surface area contributed by atoms with Gasteiger partial charge in [0.1, 0.15) is 18.8 Å². The Bertz CT molecular complexity index is 1090. The molecule has 3 aliphatic rings. The van der Waals surface area contributed by atoms with Crippen molar-refractivity contribution in [2.24, 2.45) is 5.92 Å². The third-order valence-corrected chi connectivity index (χ3v) is 7.77. The minimum Gasteiger partial charge on any atom is -0.493 e. The van der Waals surface area contributed by atoms with E-state index >= 15 is 0 Å². The van der Waals surface area contributed by atoms with E-state index in [1.807, 2.05) is 0 Å². The third-order valence-electron chi connectivity index (χ3n) is 7.77. The Balaban J connectivity index is 1.74. The van der Waals surface area contributed by atoms with Gasteiger partial charge in [-0.3, -0.25) is 9.59 Å². The zero-order valence-electron chi connectivity index (χ0n) is 21.7. The van der Waals surface area contributed by atoms with Crippen molar-refractivity contribution in [1.29, 1.82) is 0 Å². The van der Waals surface area contributed by atoms with E-state index < -0.39 is 48.7 Å². The predicted molar refractivity (Wildman–Crippen MR) is 133 cm³/mol. The molecule has 1 aromatic rings. The van der Waals surface area contributed by atoms with E-state index in [0.717, 1.165) is 25.7 Å². The fourth-order valence-electron chi connectivity index (χ4n) is 5.94. The van der Waals surface area contributed by atoms with Gasteiger partial charge < -0.3 is 35.0 Å². The lowest BCUT2D eigenvalue weighted by Crippen LogP contribution is -2.57. The van der Waals surface area contributed by atoms with Gasteiger partial charge in [-0.05, 0) is 36.1 Å². The highest BCUT2D eigenvalue weighted by molar-refractivity contribution is 5.96. The van der Waals surface area contributed by atoms with Gasteiger partial charge in [0.2, 0.25) is 11.8 Å². The summed E-state index contributed by atoms with van der Waals surface area (Å²) in [6.45, 7) is -2.42. The number of methoxy groups -OCH3 is 1. The molecule has 0 radical (unpaired) electrons. The molecule has 4 N–H and O–H groups in total. The van der Waals surface area contributed by atoms with Crippen molar-refractivity contribution in [3.63, 3.8) is 0 Å². The van der Waals surface area contributed by atoms with Crippen LogP contribution in [0.1, 0.15) is 55.6 Å². The SMILES string of the molecule is COc1cc(CO)cc2c1O[C@@H]1[C@@H](O)[C@H](N(CC(F)(F)F)C(=O)CCC3CCCC3)C=C(C(=O)NCCO)[C@H]21. The summed E-state index contributed by atoms with van der Waals surface area (Å²) >= 11 is 0. The number of nitrogens with one attached hydrogen (secondary N) is 1. The number of hydrogen-bond acceptors (Lipinski definition) is 7. The van der Waals surface area contributed by atoms with Crippen LogP contribution in [0.5, 0.6) is 11.5 Å². The van der Waals surface area contributed by atoms with Crippen LogP contribution < -0.4 is 14.8 Å². The Hall–Kier alpha value is -2.83. The maximum Gasteiger partial charge on any atom is 0.406 e. The van der Waals surface area contributed by atoms with Crippen LogP contribution >= 0.6 is 0 Å². The monoisotopic (exact) mass is 556 g/mol. The average molecular weight is 557 g/mol. The first kappa shape index (κ1) is 29.2. The van der Waals surface area contributed by atoms with Gasteiger partial charge in [0, 0.05) is 24.1 Å². The summed E-state index contributed by atoms with van der Waals surface area (Å²) in [5.41, 5.74) is 0.860. The molecule has 2 aliphatic carbocycles. The number of hydrogen-bond donors (Lipinski definition) is 4. The topological polar surface area (TPSA) is 129 Å². The van der Waals surface area contributed by atoms with Gasteiger partial charge in [0.15, 0.2) is 11.5 Å². The van der Waals surface area contributed by atoms with Crippen LogP contribution in [0.3, 0.4) is 0 Å². The van der Waals surface area contributed by atoms with Crippen LogP contribution in [0.4, 0.5) is 13.2 Å². The van der Waals surface area contributed by atoms with Crippen molar-refractivity contribution in [2.45, 2.75) is 75.5 Å². The number of amides is 2. The van der Waals surface area contributed by atoms with Gasteiger partial charge in [-0.1, -0.05) is 25.7 Å². The van der Waals surface area contributed by atoms with Crippen molar-refractivity contribution >= 4 is 11.8 Å². The first-order valence-electron chi connectivity index (χ1n) is 13.2. The lowest BCUT2D eigenvalue weighted by Gasteiger charge is -2.41. The summed E-state index contributed by atoms with van der Waals surface area (Å²) in [6, 6.07) is 1.62. The molecule has 39 heavy (non-hydrogen) atoms. The first-order chi connectivity index (χ1) is 18.6. The van der Waals surface area contributed by atoms with E-state index in [4.69, 9.17) is 9.47 Å². The largest absolute Gasteiger partial charge is 0.493 e. The highest BCUT2D eigenvalue weighted by Gasteiger charge is 2.52. The van der Waals surface area contributed by atoms with E-state index in [9.17, 15) is 38.1 Å². The van der Waals surface area contributed by atoms with Crippen LogP contribution in [0.2, 0.25) is 0 Å². The number of carbonyl (C=O) groups excluding carboxylic acids is 2. The molecule has 12 heteroatoms. The average Bonchev–Trinajstić information content (AvgIpc) is 3.57. The van der Waals surface area contributed by atoms with E-state index in [-0.39, 0.29) is 49.2 Å². The van der Waals surface area contributed by atoms with E-state index in [1.165, 1.54) is 19.3 Å². The molecule has 216 valence electrons. The standard InChI is InChI=1S/C27H35F3N2O7/c1-38-20-11-16(13-34)10-17-22-18(26(37)31-8-9-33)12-19(23(36)25(22)39-24(17)20)32(14-27(28,29)30)21(35)7-6-15-4-2-3-5-15/h10-12,15,19,22-23,25,33-34,36H,2-9,13-14H2,1H3,(H,31,37)/t19-,22+,23+,25+/m1/s1. The summed E-state index contributed by atoms with van der Waals surface area (Å²) < 4.78 is 52.5. The van der Waals surface area contributed by atoms with Crippen molar-refractivity contribution in [2.75, 3.05) is 26.8 Å². The number of halogens is 3. The molecule has 0 spiro atoms. The molecule has 1 saturated carbocycles. The van der Waals surface area contributed by atoms with E-state index in [2.05, 4.69) is 5.32 Å². The molecule has 1 aromatic carbocycles. The second kappa shape index (κ2) is 12.1. The van der Waals surface area contributed by atoms with Crippen LogP contribution in [0.25, 0.3) is 0 Å².